The van der Waals surface area contributed by atoms with Crippen molar-refractivity contribution in [2.45, 2.75) is 38.8 Å². The number of ether oxygens (including phenoxy) is 1. The Morgan fingerprint density at radius 2 is 2.00 bits per heavy atom. The topological polar surface area (TPSA) is 38.5 Å². The summed E-state index contributed by atoms with van der Waals surface area (Å²) in [5, 5.41) is 0. The lowest BCUT2D eigenvalue weighted by atomic mass is 9.90. The molecule has 2 rings (SSSR count). The summed E-state index contributed by atoms with van der Waals surface area (Å²) in [7, 11) is 1.70. The highest BCUT2D eigenvalue weighted by Gasteiger charge is 2.30. The van der Waals surface area contributed by atoms with Gasteiger partial charge in [-0.2, -0.15) is 0 Å². The van der Waals surface area contributed by atoms with Crippen molar-refractivity contribution in [3.63, 3.8) is 0 Å². The van der Waals surface area contributed by atoms with Crippen LogP contribution in [0.15, 0.2) is 24.3 Å². The van der Waals surface area contributed by atoms with Crippen LogP contribution in [0.5, 0.6) is 5.75 Å². The first-order valence-corrected chi connectivity index (χ1v) is 7.25. The first-order chi connectivity index (χ1) is 9.11. The van der Waals surface area contributed by atoms with Gasteiger partial charge in [-0.05, 0) is 43.0 Å². The SMILES string of the molecule is COc1ccc(C2C(N)CCCN2CC(C)C)cc1. The molecule has 1 saturated heterocycles. The molecular formula is C16H26N2O. The zero-order valence-electron chi connectivity index (χ0n) is 12.3. The quantitative estimate of drug-likeness (QED) is 0.907. The summed E-state index contributed by atoms with van der Waals surface area (Å²) in [5.41, 5.74) is 7.69. The van der Waals surface area contributed by atoms with Crippen molar-refractivity contribution in [2.24, 2.45) is 11.7 Å². The normalized spacial score (nSPS) is 24.7. The van der Waals surface area contributed by atoms with Crippen LogP contribution in [0.1, 0.15) is 38.3 Å². The van der Waals surface area contributed by atoms with Crippen molar-refractivity contribution in [1.82, 2.24) is 4.90 Å². The molecule has 0 amide bonds. The number of hydrogen-bond donors (Lipinski definition) is 1. The van der Waals surface area contributed by atoms with Crippen LogP contribution in [-0.2, 0) is 0 Å². The lowest BCUT2D eigenvalue weighted by Crippen LogP contribution is -2.47. The molecule has 1 heterocycles. The Morgan fingerprint density at radius 3 is 2.58 bits per heavy atom. The smallest absolute Gasteiger partial charge is 0.118 e. The van der Waals surface area contributed by atoms with E-state index in [-0.39, 0.29) is 6.04 Å². The molecule has 106 valence electrons. The molecule has 0 radical (unpaired) electrons. The highest BCUT2D eigenvalue weighted by atomic mass is 16.5. The summed E-state index contributed by atoms with van der Waals surface area (Å²) in [4.78, 5) is 2.54. The Kier molecular flexibility index (Phi) is 4.83. The van der Waals surface area contributed by atoms with Crippen LogP contribution in [-0.4, -0.2) is 31.1 Å². The fourth-order valence-corrected chi connectivity index (χ4v) is 3.03. The van der Waals surface area contributed by atoms with E-state index in [9.17, 15) is 0 Å². The predicted molar refractivity (Wildman–Crippen MR) is 79.4 cm³/mol. The Morgan fingerprint density at radius 1 is 1.32 bits per heavy atom. The molecule has 2 N–H and O–H groups in total. The first kappa shape index (κ1) is 14.4. The van der Waals surface area contributed by atoms with Gasteiger partial charge in [0, 0.05) is 18.6 Å². The zero-order chi connectivity index (χ0) is 13.8. The molecule has 3 nitrogen and oxygen atoms in total. The fraction of sp³-hybridized carbons (Fsp3) is 0.625. The van der Waals surface area contributed by atoms with Crippen molar-refractivity contribution in [1.29, 1.82) is 0 Å². The number of nitrogens with zero attached hydrogens (tertiary/aromatic N) is 1. The highest BCUT2D eigenvalue weighted by Crippen LogP contribution is 2.31. The molecule has 0 aliphatic carbocycles. The number of piperidine rings is 1. The van der Waals surface area contributed by atoms with Gasteiger partial charge in [0.05, 0.1) is 7.11 Å². The van der Waals surface area contributed by atoms with Gasteiger partial charge in [-0.3, -0.25) is 4.90 Å². The molecule has 19 heavy (non-hydrogen) atoms. The summed E-state index contributed by atoms with van der Waals surface area (Å²) in [6, 6.07) is 8.96. The van der Waals surface area contributed by atoms with Crippen molar-refractivity contribution < 1.29 is 4.74 Å². The van der Waals surface area contributed by atoms with Crippen molar-refractivity contribution in [2.75, 3.05) is 20.2 Å². The van der Waals surface area contributed by atoms with E-state index in [1.54, 1.807) is 7.11 Å². The molecule has 1 aliphatic heterocycles. The van der Waals surface area contributed by atoms with E-state index in [2.05, 4.69) is 30.9 Å². The van der Waals surface area contributed by atoms with Gasteiger partial charge in [-0.25, -0.2) is 0 Å². The fourth-order valence-electron chi connectivity index (χ4n) is 3.03. The maximum atomic E-state index is 6.37. The van der Waals surface area contributed by atoms with Gasteiger partial charge in [0.1, 0.15) is 5.75 Å². The summed E-state index contributed by atoms with van der Waals surface area (Å²) in [5.74, 6) is 1.58. The van der Waals surface area contributed by atoms with Crippen molar-refractivity contribution in [3.8, 4) is 5.75 Å². The number of hydrogen-bond acceptors (Lipinski definition) is 3. The molecule has 1 aliphatic rings. The maximum absolute atomic E-state index is 6.37. The van der Waals surface area contributed by atoms with E-state index in [1.807, 2.05) is 12.1 Å². The molecule has 0 spiro atoms. The zero-order valence-corrected chi connectivity index (χ0v) is 12.3. The number of likely N-dealkylation sites (tertiary alicyclic amines) is 1. The molecule has 1 aromatic rings. The van der Waals surface area contributed by atoms with E-state index in [0.717, 1.165) is 25.3 Å². The molecule has 2 atom stereocenters. The molecule has 3 heteroatoms. The van der Waals surface area contributed by atoms with E-state index < -0.39 is 0 Å². The Hall–Kier alpha value is -1.06. The second-order valence-electron chi connectivity index (χ2n) is 5.91. The van der Waals surface area contributed by atoms with Crippen LogP contribution >= 0.6 is 0 Å². The van der Waals surface area contributed by atoms with E-state index in [4.69, 9.17) is 10.5 Å². The molecule has 1 aromatic carbocycles. The van der Waals surface area contributed by atoms with Crippen LogP contribution in [0.25, 0.3) is 0 Å². The Bertz CT molecular complexity index is 388. The number of rotatable bonds is 4. The van der Waals surface area contributed by atoms with Crippen LogP contribution in [0.2, 0.25) is 0 Å². The van der Waals surface area contributed by atoms with Crippen molar-refractivity contribution in [3.05, 3.63) is 29.8 Å². The molecule has 2 unspecified atom stereocenters. The van der Waals surface area contributed by atoms with Gasteiger partial charge in [0.25, 0.3) is 0 Å². The van der Waals surface area contributed by atoms with Gasteiger partial charge in [0.15, 0.2) is 0 Å². The number of nitrogens with two attached hydrogens (primary N) is 1. The molecular weight excluding hydrogens is 236 g/mol. The van der Waals surface area contributed by atoms with Gasteiger partial charge >= 0.3 is 0 Å². The van der Waals surface area contributed by atoms with E-state index in [1.165, 1.54) is 12.0 Å². The van der Waals surface area contributed by atoms with E-state index >= 15 is 0 Å². The third-order valence-corrected chi connectivity index (χ3v) is 3.84. The third kappa shape index (κ3) is 3.48. The van der Waals surface area contributed by atoms with Crippen LogP contribution in [0.3, 0.4) is 0 Å². The average Bonchev–Trinajstić information content (AvgIpc) is 2.38. The van der Waals surface area contributed by atoms with Gasteiger partial charge in [0.2, 0.25) is 0 Å². The largest absolute Gasteiger partial charge is 0.497 e. The van der Waals surface area contributed by atoms with Crippen molar-refractivity contribution >= 4 is 0 Å². The number of benzene rings is 1. The minimum atomic E-state index is 0.237. The van der Waals surface area contributed by atoms with E-state index in [0.29, 0.717) is 12.0 Å². The first-order valence-electron chi connectivity index (χ1n) is 7.25. The minimum Gasteiger partial charge on any atom is -0.497 e. The lowest BCUT2D eigenvalue weighted by Gasteiger charge is -2.41. The average molecular weight is 262 g/mol. The summed E-state index contributed by atoms with van der Waals surface area (Å²) < 4.78 is 5.23. The Labute approximate surface area is 116 Å². The van der Waals surface area contributed by atoms with Crippen LogP contribution in [0, 0.1) is 5.92 Å². The highest BCUT2D eigenvalue weighted by molar-refractivity contribution is 5.30. The molecule has 0 aromatic heterocycles. The van der Waals surface area contributed by atoms with Crippen LogP contribution in [0.4, 0.5) is 0 Å². The van der Waals surface area contributed by atoms with Gasteiger partial charge in [-0.1, -0.05) is 26.0 Å². The minimum absolute atomic E-state index is 0.237. The molecule has 0 saturated carbocycles. The van der Waals surface area contributed by atoms with Gasteiger partial charge in [-0.15, -0.1) is 0 Å². The molecule has 1 fully saturated rings. The lowest BCUT2D eigenvalue weighted by molar-refractivity contribution is 0.114. The molecule has 0 bridgehead atoms. The van der Waals surface area contributed by atoms with Gasteiger partial charge < -0.3 is 10.5 Å². The standard InChI is InChI=1S/C16H26N2O/c1-12(2)11-18-10-4-5-15(17)16(18)13-6-8-14(19-3)9-7-13/h6-9,12,15-16H,4-5,10-11,17H2,1-3H3. The second-order valence-corrected chi connectivity index (χ2v) is 5.91. The predicted octanol–water partition coefficient (Wildman–Crippen LogP) is 2.82. The Balaban J connectivity index is 2.19. The summed E-state index contributed by atoms with van der Waals surface area (Å²) in [6.45, 7) is 6.81. The second kappa shape index (κ2) is 6.40. The van der Waals surface area contributed by atoms with Crippen LogP contribution < -0.4 is 10.5 Å². The number of methoxy groups -OCH3 is 1. The summed E-state index contributed by atoms with van der Waals surface area (Å²) in [6.07, 6.45) is 2.33. The maximum Gasteiger partial charge on any atom is 0.118 e. The third-order valence-electron chi connectivity index (χ3n) is 3.84. The summed E-state index contributed by atoms with van der Waals surface area (Å²) >= 11 is 0. The monoisotopic (exact) mass is 262 g/mol.